The van der Waals surface area contributed by atoms with Gasteiger partial charge in [-0.1, -0.05) is 27.1 Å². The minimum absolute atomic E-state index is 0.594. The van der Waals surface area contributed by atoms with Crippen molar-refractivity contribution in [3.8, 4) is 0 Å². The fourth-order valence-electron chi connectivity index (χ4n) is 1.49. The van der Waals surface area contributed by atoms with Crippen molar-refractivity contribution in [1.82, 2.24) is 0 Å². The van der Waals surface area contributed by atoms with Crippen LogP contribution in [-0.4, -0.2) is 13.0 Å². The van der Waals surface area contributed by atoms with Gasteiger partial charge in [0, 0.05) is 5.71 Å². The molecular weight excluding hydrogens is 147 g/mol. The van der Waals surface area contributed by atoms with Gasteiger partial charge in [0.25, 0.3) is 0 Å². The zero-order valence-corrected chi connectivity index (χ0v) is 8.51. The van der Waals surface area contributed by atoms with Crippen molar-refractivity contribution < 1.29 is 0 Å². The molecular formula is C9H20BN2. The van der Waals surface area contributed by atoms with Crippen molar-refractivity contribution in [3.05, 3.63) is 0 Å². The van der Waals surface area contributed by atoms with Gasteiger partial charge in [-0.25, -0.2) is 0 Å². The molecule has 0 aromatic rings. The molecule has 0 rings (SSSR count). The van der Waals surface area contributed by atoms with Gasteiger partial charge in [0.2, 0.25) is 0 Å². The summed E-state index contributed by atoms with van der Waals surface area (Å²) < 4.78 is 0. The average Bonchev–Trinajstić information content (AvgIpc) is 2.11. The van der Waals surface area contributed by atoms with E-state index in [1.165, 1.54) is 12.8 Å². The van der Waals surface area contributed by atoms with Crippen LogP contribution in [0.5, 0.6) is 0 Å². The molecule has 0 aromatic heterocycles. The van der Waals surface area contributed by atoms with Gasteiger partial charge in [-0.2, -0.15) is 5.10 Å². The van der Waals surface area contributed by atoms with Crippen LogP contribution in [-0.2, 0) is 0 Å². The third-order valence-corrected chi connectivity index (χ3v) is 2.18. The minimum Gasteiger partial charge on any atom is -0.323 e. The smallest absolute Gasteiger partial charge is 0.113 e. The molecule has 0 spiro atoms. The molecule has 0 fully saturated rings. The van der Waals surface area contributed by atoms with Crippen LogP contribution in [0.15, 0.2) is 5.10 Å². The van der Waals surface area contributed by atoms with Crippen molar-refractivity contribution in [2.45, 2.75) is 46.3 Å². The zero-order chi connectivity index (χ0) is 9.40. The van der Waals surface area contributed by atoms with Crippen LogP contribution in [0, 0.1) is 5.92 Å². The molecule has 0 saturated heterocycles. The molecule has 2 N–H and O–H groups in total. The molecule has 0 amide bonds. The molecule has 12 heavy (non-hydrogen) atoms. The van der Waals surface area contributed by atoms with Gasteiger partial charge in [-0.15, -0.1) is 0 Å². The second kappa shape index (κ2) is 7.20. The van der Waals surface area contributed by atoms with E-state index < -0.39 is 0 Å². The van der Waals surface area contributed by atoms with Gasteiger partial charge >= 0.3 is 0 Å². The van der Waals surface area contributed by atoms with Crippen molar-refractivity contribution >= 4 is 13.0 Å². The van der Waals surface area contributed by atoms with Gasteiger partial charge in [0.05, 0.1) is 0 Å². The van der Waals surface area contributed by atoms with Gasteiger partial charge < -0.3 is 5.84 Å². The lowest BCUT2D eigenvalue weighted by molar-refractivity contribution is 0.591. The Balaban J connectivity index is 4.04. The Morgan fingerprint density at radius 2 is 2.17 bits per heavy atom. The third kappa shape index (κ3) is 3.79. The summed E-state index contributed by atoms with van der Waals surface area (Å²) in [4.78, 5) is 0. The zero-order valence-electron chi connectivity index (χ0n) is 8.51. The van der Waals surface area contributed by atoms with E-state index in [1.54, 1.807) is 0 Å². The standard InChI is InChI=1S/C9H20BN2/c1-4-6-8(5-2)9(12-11)7-10-3/h8H,4-7,11H2,1-3H3/b12-9+. The second-order valence-electron chi connectivity index (χ2n) is 3.13. The van der Waals surface area contributed by atoms with E-state index in [1.807, 2.05) is 6.82 Å². The summed E-state index contributed by atoms with van der Waals surface area (Å²) in [6, 6.07) is 0. The fraction of sp³-hybridized carbons (Fsp3) is 0.889. The molecule has 1 unspecified atom stereocenters. The molecule has 1 atom stereocenters. The topological polar surface area (TPSA) is 38.4 Å². The van der Waals surface area contributed by atoms with Crippen molar-refractivity contribution in [2.24, 2.45) is 16.9 Å². The molecule has 0 bridgehead atoms. The second-order valence-corrected chi connectivity index (χ2v) is 3.13. The highest BCUT2D eigenvalue weighted by Gasteiger charge is 2.11. The van der Waals surface area contributed by atoms with Crippen LogP contribution in [0.1, 0.15) is 33.1 Å². The van der Waals surface area contributed by atoms with Crippen molar-refractivity contribution in [1.29, 1.82) is 0 Å². The Morgan fingerprint density at radius 1 is 1.50 bits per heavy atom. The summed E-state index contributed by atoms with van der Waals surface area (Å²) in [5.74, 6) is 5.93. The van der Waals surface area contributed by atoms with Gasteiger partial charge in [0.15, 0.2) is 0 Å². The third-order valence-electron chi connectivity index (χ3n) is 2.18. The Labute approximate surface area is 76.9 Å². The normalized spacial score (nSPS) is 14.4. The first-order valence-corrected chi connectivity index (χ1v) is 4.84. The Bertz CT molecular complexity index is 134. The molecule has 0 aromatic carbocycles. The number of rotatable bonds is 6. The summed E-state index contributed by atoms with van der Waals surface area (Å²) in [6.45, 7) is 6.44. The lowest BCUT2D eigenvalue weighted by Crippen LogP contribution is -2.16. The highest BCUT2D eigenvalue weighted by atomic mass is 15.1. The summed E-state index contributed by atoms with van der Waals surface area (Å²) in [5.41, 5.74) is 1.15. The lowest BCUT2D eigenvalue weighted by atomic mass is 9.72. The SMILES string of the molecule is C[B]C/C(=N\N)C(CC)CCC. The average molecular weight is 167 g/mol. The Hall–Kier alpha value is -0.465. The predicted molar refractivity (Wildman–Crippen MR) is 56.7 cm³/mol. The van der Waals surface area contributed by atoms with Crippen LogP contribution in [0.4, 0.5) is 0 Å². The lowest BCUT2D eigenvalue weighted by Gasteiger charge is -2.15. The van der Waals surface area contributed by atoms with Gasteiger partial charge in [-0.05, 0) is 25.1 Å². The number of nitrogens with zero attached hydrogens (tertiary/aromatic N) is 1. The van der Waals surface area contributed by atoms with E-state index in [0.29, 0.717) is 5.92 Å². The highest BCUT2D eigenvalue weighted by molar-refractivity contribution is 6.40. The molecule has 0 heterocycles. The van der Waals surface area contributed by atoms with E-state index in [2.05, 4.69) is 26.2 Å². The van der Waals surface area contributed by atoms with E-state index in [0.717, 1.165) is 18.5 Å². The van der Waals surface area contributed by atoms with Gasteiger partial charge in [-0.3, -0.25) is 0 Å². The maximum Gasteiger partial charge on any atom is 0.113 e. The van der Waals surface area contributed by atoms with Crippen molar-refractivity contribution in [3.63, 3.8) is 0 Å². The molecule has 1 radical (unpaired) electrons. The first kappa shape index (κ1) is 11.5. The molecule has 0 aliphatic carbocycles. The molecule has 3 heteroatoms. The number of nitrogens with two attached hydrogens (primary N) is 1. The van der Waals surface area contributed by atoms with E-state index >= 15 is 0 Å². The number of hydrazone groups is 1. The van der Waals surface area contributed by atoms with Crippen LogP contribution in [0.25, 0.3) is 0 Å². The maximum atomic E-state index is 5.33. The van der Waals surface area contributed by atoms with E-state index in [9.17, 15) is 0 Å². The summed E-state index contributed by atoms with van der Waals surface area (Å²) >= 11 is 0. The summed E-state index contributed by atoms with van der Waals surface area (Å²) in [6.07, 6.45) is 4.51. The van der Waals surface area contributed by atoms with Crippen LogP contribution < -0.4 is 5.84 Å². The Morgan fingerprint density at radius 3 is 2.50 bits per heavy atom. The van der Waals surface area contributed by atoms with Crippen molar-refractivity contribution in [2.75, 3.05) is 0 Å². The van der Waals surface area contributed by atoms with Crippen LogP contribution >= 0.6 is 0 Å². The highest BCUT2D eigenvalue weighted by Crippen LogP contribution is 2.14. The van der Waals surface area contributed by atoms with Crippen LogP contribution in [0.3, 0.4) is 0 Å². The summed E-state index contributed by atoms with van der Waals surface area (Å²) in [7, 11) is 2.12. The van der Waals surface area contributed by atoms with Gasteiger partial charge in [0.1, 0.15) is 7.28 Å². The first-order valence-electron chi connectivity index (χ1n) is 4.84. The molecule has 0 aliphatic rings. The molecule has 69 valence electrons. The predicted octanol–water partition coefficient (Wildman–Crippen LogP) is 2.30. The first-order chi connectivity index (χ1) is 5.79. The summed E-state index contributed by atoms with van der Waals surface area (Å²) in [5, 5.41) is 3.85. The Kier molecular flexibility index (Phi) is 6.92. The van der Waals surface area contributed by atoms with E-state index in [4.69, 9.17) is 5.84 Å². The van der Waals surface area contributed by atoms with Crippen LogP contribution in [0.2, 0.25) is 13.1 Å². The number of hydrogen-bond acceptors (Lipinski definition) is 2. The molecule has 0 saturated carbocycles. The minimum atomic E-state index is 0.594. The monoisotopic (exact) mass is 167 g/mol. The maximum absolute atomic E-state index is 5.33. The fourth-order valence-corrected chi connectivity index (χ4v) is 1.49. The number of hydrogen-bond donors (Lipinski definition) is 1. The largest absolute Gasteiger partial charge is 0.323 e. The van der Waals surface area contributed by atoms with E-state index in [-0.39, 0.29) is 0 Å². The quantitative estimate of drug-likeness (QED) is 0.280. The molecule has 0 aliphatic heterocycles. The molecule has 2 nitrogen and oxygen atoms in total.